The zero-order valence-corrected chi connectivity index (χ0v) is 27.5. The molecule has 4 nitrogen and oxygen atoms in total. The average Bonchev–Trinajstić information content (AvgIpc) is 3.67. The molecule has 4 aromatic rings. The quantitative estimate of drug-likeness (QED) is 0.227. The van der Waals surface area contributed by atoms with Gasteiger partial charge < -0.3 is 9.13 Å². The van der Waals surface area contributed by atoms with Crippen molar-refractivity contribution >= 4 is 45.2 Å². The van der Waals surface area contributed by atoms with Crippen LogP contribution in [0.15, 0.2) is 90.1 Å². The summed E-state index contributed by atoms with van der Waals surface area (Å²) in [5.41, 5.74) is 11.9. The van der Waals surface area contributed by atoms with E-state index in [0.717, 1.165) is 76.2 Å². The maximum Gasteiger partial charge on any atom is 0.0991 e. The number of hydrogen-bond donors (Lipinski definition) is 0. The molecule has 1 saturated carbocycles. The van der Waals surface area contributed by atoms with Crippen LogP contribution in [0.5, 0.6) is 0 Å². The standard InChI is InChI=1S/C44H40N4/c45-27-29-16-20-35(21-17-29)47-41-15-5-4-12-37(41)40-26-32(19-23-42(40)47)31-8-6-9-33(25-31)36-13-7-14-38-39-24-30(28-46)18-22-43(39)48(44(36)38)34-10-2-1-3-11-34/h2,4-6,8-12,14-15,18,22,24,26,29,31,35H,1,3,7,13,16-17,19-21,23,25H2. The van der Waals surface area contributed by atoms with Crippen molar-refractivity contribution < 1.29 is 0 Å². The number of para-hydroxylation sites is 1. The molecule has 0 spiro atoms. The van der Waals surface area contributed by atoms with Gasteiger partial charge >= 0.3 is 0 Å². The van der Waals surface area contributed by atoms with Crippen molar-refractivity contribution in [1.29, 1.82) is 10.5 Å². The third-order valence-electron chi connectivity index (χ3n) is 11.6. The summed E-state index contributed by atoms with van der Waals surface area (Å²) in [5, 5.41) is 24.4. The molecule has 0 radical (unpaired) electrons. The van der Waals surface area contributed by atoms with E-state index in [0.29, 0.717) is 12.0 Å². The van der Waals surface area contributed by atoms with E-state index >= 15 is 0 Å². The summed E-state index contributed by atoms with van der Waals surface area (Å²) in [6, 6.07) is 20.6. The summed E-state index contributed by atoms with van der Waals surface area (Å²) in [6.07, 6.45) is 30.6. The van der Waals surface area contributed by atoms with Gasteiger partial charge in [-0.1, -0.05) is 66.3 Å². The zero-order chi connectivity index (χ0) is 32.2. The molecule has 1 atom stereocenters. The number of nitrogens with zero attached hydrogens (tertiary/aromatic N) is 4. The first-order chi connectivity index (χ1) is 23.7. The second kappa shape index (κ2) is 11.9. The van der Waals surface area contributed by atoms with Gasteiger partial charge in [0.25, 0.3) is 0 Å². The highest BCUT2D eigenvalue weighted by atomic mass is 15.0. The Morgan fingerprint density at radius 2 is 1.73 bits per heavy atom. The molecule has 2 aromatic heterocycles. The summed E-state index contributed by atoms with van der Waals surface area (Å²) < 4.78 is 5.14. The number of benzene rings is 2. The Bertz CT molecular complexity index is 2360. The molecule has 4 heteroatoms. The van der Waals surface area contributed by atoms with Crippen LogP contribution in [0.1, 0.15) is 87.1 Å². The van der Waals surface area contributed by atoms with E-state index in [1.54, 1.807) is 5.57 Å². The Labute approximate surface area is 282 Å². The molecule has 2 heterocycles. The highest BCUT2D eigenvalue weighted by molar-refractivity contribution is 5.93. The number of rotatable bonds is 4. The van der Waals surface area contributed by atoms with Crippen LogP contribution >= 0.6 is 0 Å². The van der Waals surface area contributed by atoms with Gasteiger partial charge in [-0.25, -0.2) is 0 Å². The number of nitriles is 2. The highest BCUT2D eigenvalue weighted by Crippen LogP contribution is 2.43. The molecule has 0 amide bonds. The van der Waals surface area contributed by atoms with Gasteiger partial charge in [0.05, 0.1) is 28.6 Å². The van der Waals surface area contributed by atoms with E-state index in [1.165, 1.54) is 60.5 Å². The number of allylic oxidation sites excluding steroid dienone is 9. The lowest BCUT2D eigenvalue weighted by Crippen LogP contribution is -2.34. The molecule has 48 heavy (non-hydrogen) atoms. The van der Waals surface area contributed by atoms with Gasteiger partial charge in [0.1, 0.15) is 0 Å². The van der Waals surface area contributed by atoms with E-state index in [1.807, 2.05) is 6.07 Å². The third-order valence-corrected chi connectivity index (χ3v) is 11.6. The van der Waals surface area contributed by atoms with E-state index in [-0.39, 0.29) is 5.92 Å². The Hall–Kier alpha value is -5.06. The van der Waals surface area contributed by atoms with Crippen LogP contribution < -0.4 is 10.6 Å². The van der Waals surface area contributed by atoms with E-state index in [4.69, 9.17) is 0 Å². The van der Waals surface area contributed by atoms with Crippen molar-refractivity contribution in [1.82, 2.24) is 9.13 Å². The normalized spacial score (nSPS) is 23.4. The van der Waals surface area contributed by atoms with Crippen molar-refractivity contribution in [3.8, 4) is 12.1 Å². The molecule has 5 aliphatic carbocycles. The summed E-state index contributed by atoms with van der Waals surface area (Å²) in [4.78, 5) is 0. The lowest BCUT2D eigenvalue weighted by Gasteiger charge is -2.30. The van der Waals surface area contributed by atoms with Gasteiger partial charge in [0.2, 0.25) is 0 Å². The fraction of sp³-hybridized carbons (Fsp3) is 0.318. The lowest BCUT2D eigenvalue weighted by atomic mass is 9.79. The minimum absolute atomic E-state index is 0.217. The van der Waals surface area contributed by atoms with Crippen LogP contribution in [0.4, 0.5) is 0 Å². The molecule has 9 rings (SSSR count). The van der Waals surface area contributed by atoms with Gasteiger partial charge in [0, 0.05) is 56.3 Å². The minimum atomic E-state index is 0.217. The summed E-state index contributed by atoms with van der Waals surface area (Å²) in [6.45, 7) is 0. The average molecular weight is 625 g/mol. The Morgan fingerprint density at radius 1 is 0.833 bits per heavy atom. The fourth-order valence-electron chi connectivity index (χ4n) is 9.32. The van der Waals surface area contributed by atoms with Crippen LogP contribution in [0.2, 0.25) is 0 Å². The zero-order valence-electron chi connectivity index (χ0n) is 27.5. The van der Waals surface area contributed by atoms with Crippen LogP contribution in [0.25, 0.3) is 45.2 Å². The minimum Gasteiger partial charge on any atom is -0.341 e. The number of hydrogen-bond acceptors (Lipinski definition) is 2. The smallest absolute Gasteiger partial charge is 0.0991 e. The second-order valence-electron chi connectivity index (χ2n) is 14.3. The van der Waals surface area contributed by atoms with Crippen LogP contribution in [-0.2, 0) is 6.42 Å². The first-order valence-corrected chi connectivity index (χ1v) is 18.0. The molecule has 0 aliphatic heterocycles. The summed E-state index contributed by atoms with van der Waals surface area (Å²) in [5.74, 6) is 0.596. The van der Waals surface area contributed by atoms with Gasteiger partial charge in [-0.05, 0) is 112 Å². The maximum absolute atomic E-state index is 9.74. The van der Waals surface area contributed by atoms with Crippen LogP contribution in [0.3, 0.4) is 0 Å². The first-order valence-electron chi connectivity index (χ1n) is 18.0. The van der Waals surface area contributed by atoms with E-state index < -0.39 is 0 Å². The van der Waals surface area contributed by atoms with Crippen molar-refractivity contribution in [2.24, 2.45) is 11.8 Å². The van der Waals surface area contributed by atoms with Crippen LogP contribution in [-0.4, -0.2) is 9.13 Å². The molecule has 1 fully saturated rings. The van der Waals surface area contributed by atoms with E-state index in [2.05, 4.69) is 106 Å². The van der Waals surface area contributed by atoms with Gasteiger partial charge in [-0.15, -0.1) is 0 Å². The maximum atomic E-state index is 9.74. The van der Waals surface area contributed by atoms with Gasteiger partial charge in [0.15, 0.2) is 0 Å². The Morgan fingerprint density at radius 3 is 2.56 bits per heavy atom. The molecule has 0 N–H and O–H groups in total. The Balaban J connectivity index is 1.12. The van der Waals surface area contributed by atoms with Crippen molar-refractivity contribution in [2.75, 3.05) is 0 Å². The monoisotopic (exact) mass is 624 g/mol. The molecule has 236 valence electrons. The molecule has 2 aromatic carbocycles. The molecular formula is C44H40N4. The van der Waals surface area contributed by atoms with Gasteiger partial charge in [-0.3, -0.25) is 0 Å². The largest absolute Gasteiger partial charge is 0.341 e. The SMILES string of the molecule is N#Cc1ccc2c(c1)c1c(n2C2=CCCC=C2)=C(C2=CC=CC(C3=Cc4c(n(C5CCC(C#N)CC5)c5ccccc45)CC3)C2)CCC=1. The predicted molar refractivity (Wildman–Crippen MR) is 196 cm³/mol. The second-order valence-corrected chi connectivity index (χ2v) is 14.3. The van der Waals surface area contributed by atoms with Crippen molar-refractivity contribution in [2.45, 2.75) is 76.7 Å². The predicted octanol–water partition coefficient (Wildman–Crippen LogP) is 9.17. The van der Waals surface area contributed by atoms with Crippen LogP contribution in [0, 0.1) is 34.5 Å². The number of fused-ring (bicyclic) bond motifs is 6. The van der Waals surface area contributed by atoms with E-state index in [9.17, 15) is 10.5 Å². The first kappa shape index (κ1) is 29.1. The molecule has 5 aliphatic rings. The lowest BCUT2D eigenvalue weighted by molar-refractivity contribution is 0.314. The Kier molecular flexibility index (Phi) is 7.20. The summed E-state index contributed by atoms with van der Waals surface area (Å²) >= 11 is 0. The molecule has 0 saturated heterocycles. The highest BCUT2D eigenvalue weighted by Gasteiger charge is 2.30. The number of aromatic nitrogens is 2. The molecule has 0 bridgehead atoms. The fourth-order valence-corrected chi connectivity index (χ4v) is 9.32. The molecule has 1 unspecified atom stereocenters. The third kappa shape index (κ3) is 4.70. The van der Waals surface area contributed by atoms with Crippen molar-refractivity contribution in [3.63, 3.8) is 0 Å². The van der Waals surface area contributed by atoms with Crippen molar-refractivity contribution in [3.05, 3.63) is 117 Å². The molecular weight excluding hydrogens is 585 g/mol. The summed E-state index contributed by atoms with van der Waals surface area (Å²) in [7, 11) is 0. The van der Waals surface area contributed by atoms with Gasteiger partial charge in [-0.2, -0.15) is 10.5 Å². The topological polar surface area (TPSA) is 57.4 Å².